The Morgan fingerprint density at radius 1 is 1.13 bits per heavy atom. The maximum atomic E-state index is 10.6. The zero-order valence-corrected chi connectivity index (χ0v) is 7.94. The summed E-state index contributed by atoms with van der Waals surface area (Å²) >= 11 is 0. The van der Waals surface area contributed by atoms with Crippen molar-refractivity contribution in [2.45, 2.75) is 4.90 Å². The molecule has 0 fully saturated rings. The van der Waals surface area contributed by atoms with Gasteiger partial charge in [-0.15, -0.1) is 0 Å². The van der Waals surface area contributed by atoms with Crippen LogP contribution in [0.4, 0.5) is 0 Å². The van der Waals surface area contributed by atoms with Crippen LogP contribution in [0.1, 0.15) is 5.56 Å². The van der Waals surface area contributed by atoms with Crippen LogP contribution in [0.2, 0.25) is 0 Å². The first-order valence-electron chi connectivity index (χ1n) is 3.73. The predicted molar refractivity (Wildman–Crippen MR) is 58.5 cm³/mol. The summed E-state index contributed by atoms with van der Waals surface area (Å²) in [5, 5.41) is 0. The number of allylic oxidation sites excluding steroid dienone is 1. The number of rotatable bonds is 3. The molecular formula is C9H9NaO4S. The molecule has 0 aliphatic rings. The molecule has 0 saturated heterocycles. The van der Waals surface area contributed by atoms with Gasteiger partial charge in [-0.2, -0.15) is 8.42 Å². The molecule has 1 aromatic rings. The summed E-state index contributed by atoms with van der Waals surface area (Å²) in [5.41, 5.74) is 0.685. The summed E-state index contributed by atoms with van der Waals surface area (Å²) in [6.07, 6.45) is 3.44. The summed E-state index contributed by atoms with van der Waals surface area (Å²) in [4.78, 5) is 9.82. The topological polar surface area (TPSA) is 71.4 Å². The third-order valence-corrected chi connectivity index (χ3v) is 2.41. The minimum absolute atomic E-state index is 0. The van der Waals surface area contributed by atoms with Gasteiger partial charge in [0, 0.05) is 0 Å². The number of carbonyl (C=O) groups excluding carboxylic acids is 1. The second kappa shape index (κ2) is 6.19. The van der Waals surface area contributed by atoms with E-state index in [9.17, 15) is 13.2 Å². The van der Waals surface area contributed by atoms with Gasteiger partial charge in [-0.25, -0.2) is 0 Å². The van der Waals surface area contributed by atoms with Gasteiger partial charge in [0.05, 0.1) is 4.90 Å². The van der Waals surface area contributed by atoms with Gasteiger partial charge < -0.3 is 0 Å². The normalized spacial score (nSPS) is 11.0. The summed E-state index contributed by atoms with van der Waals surface area (Å²) in [7, 11) is -4.13. The Morgan fingerprint density at radius 3 is 2.07 bits per heavy atom. The number of carbonyl (C=O) groups is 1. The molecule has 0 saturated carbocycles. The van der Waals surface area contributed by atoms with Crippen LogP contribution in [0, 0.1) is 0 Å². The van der Waals surface area contributed by atoms with Crippen LogP contribution in [0.25, 0.3) is 6.08 Å². The molecule has 0 atom stereocenters. The first-order valence-corrected chi connectivity index (χ1v) is 5.17. The molecular weight excluding hydrogens is 227 g/mol. The Morgan fingerprint density at radius 2 is 1.67 bits per heavy atom. The molecule has 76 valence electrons. The van der Waals surface area contributed by atoms with Gasteiger partial charge in [0.15, 0.2) is 0 Å². The molecule has 1 N–H and O–H groups in total. The monoisotopic (exact) mass is 236 g/mol. The number of aldehydes is 1. The van der Waals surface area contributed by atoms with E-state index in [4.69, 9.17) is 4.55 Å². The Balaban J connectivity index is 0.00000196. The van der Waals surface area contributed by atoms with E-state index in [1.165, 1.54) is 36.4 Å². The Bertz CT molecular complexity index is 448. The van der Waals surface area contributed by atoms with Crippen LogP contribution in [0.3, 0.4) is 0 Å². The Labute approximate surface area is 110 Å². The second-order valence-corrected chi connectivity index (χ2v) is 3.96. The fourth-order valence-corrected chi connectivity index (χ4v) is 1.38. The third-order valence-electron chi connectivity index (χ3n) is 1.55. The van der Waals surface area contributed by atoms with Crippen LogP contribution in [0.15, 0.2) is 35.2 Å². The Kier molecular flexibility index (Phi) is 6.00. The summed E-state index contributed by atoms with van der Waals surface area (Å²) in [6.45, 7) is 0. The fraction of sp³-hybridized carbons (Fsp3) is 0. The average Bonchev–Trinajstić information content (AvgIpc) is 2.14. The van der Waals surface area contributed by atoms with Crippen molar-refractivity contribution in [1.29, 1.82) is 0 Å². The van der Waals surface area contributed by atoms with Crippen molar-refractivity contribution in [3.8, 4) is 0 Å². The first-order chi connectivity index (χ1) is 6.54. The van der Waals surface area contributed by atoms with Gasteiger partial charge in [0.1, 0.15) is 6.29 Å². The van der Waals surface area contributed by atoms with E-state index in [0.717, 1.165) is 0 Å². The molecule has 0 amide bonds. The van der Waals surface area contributed by atoms with E-state index in [1.807, 2.05) is 0 Å². The third kappa shape index (κ3) is 4.72. The van der Waals surface area contributed by atoms with Crippen LogP contribution in [-0.4, -0.2) is 48.8 Å². The SMILES string of the molecule is O=CC=Cc1ccc(S(=O)(=O)O)cc1.[NaH]. The number of hydrogen-bond donors (Lipinski definition) is 1. The molecule has 1 rings (SSSR count). The zero-order valence-electron chi connectivity index (χ0n) is 7.12. The maximum absolute atomic E-state index is 10.6. The standard InChI is InChI=1S/C9H8O4S.Na.H/c10-7-1-2-8-3-5-9(6-4-8)14(11,12)13;;/h1-7H,(H,11,12,13);;. The molecule has 0 aliphatic heterocycles. The van der Waals surface area contributed by atoms with Crippen LogP contribution < -0.4 is 0 Å². The molecule has 0 unspecified atom stereocenters. The molecule has 0 radical (unpaired) electrons. The number of benzene rings is 1. The molecule has 1 aromatic carbocycles. The van der Waals surface area contributed by atoms with Crippen molar-refractivity contribution in [3.63, 3.8) is 0 Å². The molecule has 0 spiro atoms. The molecule has 0 aliphatic carbocycles. The van der Waals surface area contributed by atoms with E-state index in [-0.39, 0.29) is 34.5 Å². The summed E-state index contributed by atoms with van der Waals surface area (Å²) in [6, 6.07) is 5.51. The van der Waals surface area contributed by atoms with E-state index in [1.54, 1.807) is 0 Å². The van der Waals surface area contributed by atoms with Gasteiger partial charge >= 0.3 is 29.6 Å². The predicted octanol–water partition coefficient (Wildman–Crippen LogP) is 0.497. The van der Waals surface area contributed by atoms with Gasteiger partial charge in [0.25, 0.3) is 10.1 Å². The van der Waals surface area contributed by atoms with Crippen molar-refractivity contribution >= 4 is 52.0 Å². The van der Waals surface area contributed by atoms with Crippen molar-refractivity contribution in [2.75, 3.05) is 0 Å². The minimum atomic E-state index is -4.13. The molecule has 4 nitrogen and oxygen atoms in total. The van der Waals surface area contributed by atoms with E-state index >= 15 is 0 Å². The molecule has 15 heavy (non-hydrogen) atoms. The first kappa shape index (κ1) is 14.5. The van der Waals surface area contributed by atoms with E-state index in [2.05, 4.69) is 0 Å². The van der Waals surface area contributed by atoms with Gasteiger partial charge in [0.2, 0.25) is 0 Å². The molecule has 6 heteroatoms. The molecule has 0 heterocycles. The quantitative estimate of drug-likeness (QED) is 0.359. The van der Waals surface area contributed by atoms with Crippen molar-refractivity contribution in [2.24, 2.45) is 0 Å². The Hall–Kier alpha value is -0.460. The van der Waals surface area contributed by atoms with Crippen LogP contribution in [0.5, 0.6) is 0 Å². The summed E-state index contributed by atoms with van der Waals surface area (Å²) < 4.78 is 29.9. The van der Waals surface area contributed by atoms with Crippen molar-refractivity contribution < 1.29 is 17.8 Å². The number of hydrogen-bond acceptors (Lipinski definition) is 3. The molecule has 0 aromatic heterocycles. The van der Waals surface area contributed by atoms with Crippen molar-refractivity contribution in [1.82, 2.24) is 0 Å². The van der Waals surface area contributed by atoms with Crippen LogP contribution >= 0.6 is 0 Å². The van der Waals surface area contributed by atoms with Gasteiger partial charge in [-0.05, 0) is 23.8 Å². The van der Waals surface area contributed by atoms with E-state index < -0.39 is 10.1 Å². The van der Waals surface area contributed by atoms with Gasteiger partial charge in [-0.3, -0.25) is 9.35 Å². The van der Waals surface area contributed by atoms with Crippen LogP contribution in [-0.2, 0) is 14.9 Å². The summed E-state index contributed by atoms with van der Waals surface area (Å²) in [5.74, 6) is 0. The van der Waals surface area contributed by atoms with E-state index in [0.29, 0.717) is 11.8 Å². The second-order valence-electron chi connectivity index (χ2n) is 2.54. The molecule has 0 bridgehead atoms. The van der Waals surface area contributed by atoms with Crippen molar-refractivity contribution in [3.05, 3.63) is 35.9 Å². The zero-order chi connectivity index (χ0) is 10.6. The fourth-order valence-electron chi connectivity index (χ4n) is 0.901. The van der Waals surface area contributed by atoms with Gasteiger partial charge in [-0.1, -0.05) is 18.2 Å². The average molecular weight is 236 g/mol.